The maximum Gasteiger partial charge on any atom is 0.240 e. The third-order valence-electron chi connectivity index (χ3n) is 5.75. The van der Waals surface area contributed by atoms with E-state index in [2.05, 4.69) is 32.2 Å². The number of H-pyrrole nitrogens is 1. The number of aliphatic imine (C=N–C) groups is 1. The maximum absolute atomic E-state index is 9.74. The van der Waals surface area contributed by atoms with Gasteiger partial charge in [0.25, 0.3) is 0 Å². The Morgan fingerprint density at radius 1 is 1.27 bits per heavy atom. The van der Waals surface area contributed by atoms with E-state index in [-0.39, 0.29) is 5.92 Å². The molecule has 4 rings (SSSR count). The van der Waals surface area contributed by atoms with Crippen LogP contribution in [0.15, 0.2) is 34.5 Å². The minimum Gasteiger partial charge on any atom is -0.475 e. The highest BCUT2D eigenvalue weighted by Crippen LogP contribution is 2.39. The minimum atomic E-state index is -0.474. The third-order valence-corrected chi connectivity index (χ3v) is 5.75. The summed E-state index contributed by atoms with van der Waals surface area (Å²) in [6, 6.07) is 10.4. The zero-order chi connectivity index (χ0) is 21.1. The largest absolute Gasteiger partial charge is 0.475 e. The minimum absolute atomic E-state index is 0.349. The molecular formula is C22H24N6O2. The quantitative estimate of drug-likeness (QED) is 0.820. The molecule has 0 spiro atoms. The number of nitrogens with zero attached hydrogens (tertiary/aromatic N) is 5. The Kier molecular flexibility index (Phi) is 5.80. The van der Waals surface area contributed by atoms with Crippen LogP contribution in [-0.4, -0.2) is 60.3 Å². The van der Waals surface area contributed by atoms with Crippen molar-refractivity contribution in [1.29, 1.82) is 10.5 Å². The highest BCUT2D eigenvalue weighted by Gasteiger charge is 2.34. The number of aromatic nitrogens is 2. The number of nitriles is 2. The summed E-state index contributed by atoms with van der Waals surface area (Å²) in [6.07, 6.45) is 0. The average Bonchev–Trinajstić information content (AvgIpc) is 3.16. The van der Waals surface area contributed by atoms with Gasteiger partial charge in [0.2, 0.25) is 5.88 Å². The van der Waals surface area contributed by atoms with Crippen molar-refractivity contribution >= 4 is 16.6 Å². The molecule has 2 aliphatic rings. The van der Waals surface area contributed by atoms with Gasteiger partial charge in [0.15, 0.2) is 0 Å². The van der Waals surface area contributed by atoms with Gasteiger partial charge in [0, 0.05) is 31.3 Å². The topological polar surface area (TPSA) is 110 Å². The molecule has 0 amide bonds. The Bertz CT molecular complexity index is 1080. The molecular weight excluding hydrogens is 380 g/mol. The number of ether oxygens (including phenoxy) is 2. The van der Waals surface area contributed by atoms with E-state index < -0.39 is 5.92 Å². The Labute approximate surface area is 175 Å². The van der Waals surface area contributed by atoms with Gasteiger partial charge in [-0.25, -0.2) is 0 Å². The van der Waals surface area contributed by atoms with Crippen molar-refractivity contribution in [2.45, 2.75) is 19.8 Å². The van der Waals surface area contributed by atoms with E-state index in [1.165, 1.54) is 0 Å². The fourth-order valence-corrected chi connectivity index (χ4v) is 4.11. The van der Waals surface area contributed by atoms with Crippen LogP contribution in [0, 0.1) is 28.6 Å². The van der Waals surface area contributed by atoms with Gasteiger partial charge in [0.05, 0.1) is 53.4 Å². The third kappa shape index (κ3) is 3.80. The molecule has 1 aromatic heterocycles. The van der Waals surface area contributed by atoms with Gasteiger partial charge < -0.3 is 9.47 Å². The fraction of sp³-hybridized carbons (Fsp3) is 0.455. The summed E-state index contributed by atoms with van der Waals surface area (Å²) >= 11 is 0. The van der Waals surface area contributed by atoms with Crippen LogP contribution in [-0.2, 0) is 4.74 Å². The molecule has 1 N–H and O–H groups in total. The maximum atomic E-state index is 9.74. The molecule has 2 unspecified atom stereocenters. The molecule has 8 heteroatoms. The fourth-order valence-electron chi connectivity index (χ4n) is 4.11. The van der Waals surface area contributed by atoms with E-state index in [1.54, 1.807) is 0 Å². The molecule has 1 aromatic carbocycles. The molecule has 0 bridgehead atoms. The van der Waals surface area contributed by atoms with E-state index in [0.29, 0.717) is 23.8 Å². The number of hydrogen-bond acceptors (Lipinski definition) is 7. The van der Waals surface area contributed by atoms with Gasteiger partial charge in [-0.2, -0.15) is 10.5 Å². The van der Waals surface area contributed by atoms with Crippen LogP contribution >= 0.6 is 0 Å². The first-order valence-corrected chi connectivity index (χ1v) is 10.1. The van der Waals surface area contributed by atoms with Crippen molar-refractivity contribution in [2.75, 3.05) is 39.5 Å². The van der Waals surface area contributed by atoms with E-state index in [4.69, 9.17) is 9.47 Å². The predicted octanol–water partition coefficient (Wildman–Crippen LogP) is 2.77. The summed E-state index contributed by atoms with van der Waals surface area (Å²) in [4.78, 5) is 6.72. The zero-order valence-corrected chi connectivity index (χ0v) is 17.2. The number of allylic oxidation sites excluding steroid dienone is 2. The van der Waals surface area contributed by atoms with E-state index in [1.807, 2.05) is 32.0 Å². The van der Waals surface area contributed by atoms with Crippen LogP contribution in [0.4, 0.5) is 0 Å². The number of benzene rings is 1. The molecule has 2 aliphatic heterocycles. The molecule has 154 valence electrons. The molecule has 8 nitrogen and oxygen atoms in total. The average molecular weight is 404 g/mol. The number of rotatable bonds is 5. The summed E-state index contributed by atoms with van der Waals surface area (Å²) in [6.45, 7) is 8.34. The van der Waals surface area contributed by atoms with Crippen molar-refractivity contribution in [2.24, 2.45) is 10.9 Å². The highest BCUT2D eigenvalue weighted by molar-refractivity contribution is 5.91. The monoisotopic (exact) mass is 404 g/mol. The van der Waals surface area contributed by atoms with Crippen molar-refractivity contribution in [3.63, 3.8) is 0 Å². The Balaban J connectivity index is 1.60. The summed E-state index contributed by atoms with van der Waals surface area (Å²) < 4.78 is 11.3. The molecule has 0 aliphatic carbocycles. The predicted molar refractivity (Wildman–Crippen MR) is 112 cm³/mol. The molecule has 1 saturated heterocycles. The first-order chi connectivity index (χ1) is 14.6. The van der Waals surface area contributed by atoms with Gasteiger partial charge in [-0.05, 0) is 31.5 Å². The molecule has 2 aromatic rings. The van der Waals surface area contributed by atoms with Gasteiger partial charge in [0.1, 0.15) is 6.61 Å². The summed E-state index contributed by atoms with van der Waals surface area (Å²) in [5, 5.41) is 27.6. The number of aromatic amines is 1. The lowest BCUT2D eigenvalue weighted by Gasteiger charge is -2.27. The molecule has 0 radical (unpaired) electrons. The molecule has 30 heavy (non-hydrogen) atoms. The van der Waals surface area contributed by atoms with Gasteiger partial charge in [-0.15, -0.1) is 5.10 Å². The Hall–Kier alpha value is -3.20. The first kappa shape index (κ1) is 20.1. The lowest BCUT2D eigenvalue weighted by atomic mass is 9.77. The summed E-state index contributed by atoms with van der Waals surface area (Å²) in [5.41, 5.74) is 3.67. The molecule has 2 atom stereocenters. The second-order valence-electron chi connectivity index (χ2n) is 7.58. The van der Waals surface area contributed by atoms with Crippen molar-refractivity contribution in [3.05, 3.63) is 35.0 Å². The number of fused-ring (bicyclic) bond motifs is 1. The smallest absolute Gasteiger partial charge is 0.240 e. The SMILES string of the molecule is CC1=NC(C)=C(C#N)C(c2ccc3[nH]nc(OCCN4CCOCC4)c3c2)C1C#N. The van der Waals surface area contributed by atoms with E-state index in [9.17, 15) is 10.5 Å². The molecule has 1 fully saturated rings. The van der Waals surface area contributed by atoms with Crippen LogP contribution in [0.3, 0.4) is 0 Å². The Morgan fingerprint density at radius 3 is 2.80 bits per heavy atom. The van der Waals surface area contributed by atoms with Crippen molar-refractivity contribution < 1.29 is 9.47 Å². The number of morpholine rings is 1. The lowest BCUT2D eigenvalue weighted by molar-refractivity contribution is 0.0321. The lowest BCUT2D eigenvalue weighted by Crippen LogP contribution is -2.38. The standard InChI is InChI=1S/C22H24N6O2/c1-14-18(12-23)21(19(13-24)15(2)25-14)16-3-4-20-17(11-16)22(27-26-20)30-10-7-28-5-8-29-9-6-28/h3-4,11,18,21H,5-10H2,1-2H3,(H,26,27). The second kappa shape index (κ2) is 8.66. The van der Waals surface area contributed by atoms with Crippen LogP contribution < -0.4 is 4.74 Å². The van der Waals surface area contributed by atoms with E-state index >= 15 is 0 Å². The van der Waals surface area contributed by atoms with Gasteiger partial charge in [-0.3, -0.25) is 15.0 Å². The normalized spacial score (nSPS) is 22.5. The van der Waals surface area contributed by atoms with Gasteiger partial charge >= 0.3 is 0 Å². The number of hydrogen-bond donors (Lipinski definition) is 1. The summed E-state index contributed by atoms with van der Waals surface area (Å²) in [7, 11) is 0. The molecule has 3 heterocycles. The zero-order valence-electron chi connectivity index (χ0n) is 17.2. The first-order valence-electron chi connectivity index (χ1n) is 10.1. The highest BCUT2D eigenvalue weighted by atomic mass is 16.5. The van der Waals surface area contributed by atoms with Crippen LogP contribution in [0.5, 0.6) is 5.88 Å². The van der Waals surface area contributed by atoms with Crippen LogP contribution in [0.2, 0.25) is 0 Å². The number of nitrogens with one attached hydrogen (secondary N) is 1. The van der Waals surface area contributed by atoms with Crippen LogP contribution in [0.25, 0.3) is 10.9 Å². The Morgan fingerprint density at radius 2 is 2.07 bits per heavy atom. The van der Waals surface area contributed by atoms with Crippen molar-refractivity contribution in [1.82, 2.24) is 15.1 Å². The van der Waals surface area contributed by atoms with Crippen LogP contribution in [0.1, 0.15) is 25.3 Å². The van der Waals surface area contributed by atoms with Gasteiger partial charge in [-0.1, -0.05) is 6.07 Å². The van der Waals surface area contributed by atoms with Crippen molar-refractivity contribution in [3.8, 4) is 18.0 Å². The summed E-state index contributed by atoms with van der Waals surface area (Å²) in [5.74, 6) is -0.287. The molecule has 0 saturated carbocycles. The van der Waals surface area contributed by atoms with E-state index in [0.717, 1.165) is 55.0 Å². The second-order valence-corrected chi connectivity index (χ2v) is 7.58.